The van der Waals surface area contributed by atoms with Gasteiger partial charge in [-0.2, -0.15) is 0 Å². The van der Waals surface area contributed by atoms with Gasteiger partial charge in [0.2, 0.25) is 0 Å². The van der Waals surface area contributed by atoms with Gasteiger partial charge in [0.25, 0.3) is 0 Å². The monoisotopic (exact) mass is 384 g/mol. The molecule has 0 unspecified atom stereocenters. The van der Waals surface area contributed by atoms with Gasteiger partial charge in [0.15, 0.2) is 5.78 Å². The lowest BCUT2D eigenvalue weighted by atomic mass is 10.1. The maximum atomic E-state index is 12.8. The minimum atomic E-state index is 0.0313. The van der Waals surface area contributed by atoms with Crippen LogP contribution in [0.4, 0.5) is 5.82 Å². The normalized spacial score (nSPS) is 13.5. The molecule has 7 heteroatoms. The van der Waals surface area contributed by atoms with Crippen LogP contribution in [0.1, 0.15) is 22.5 Å². The van der Waals surface area contributed by atoms with Gasteiger partial charge in [-0.25, -0.2) is 15.0 Å². The molecule has 1 aliphatic rings. The minimum absolute atomic E-state index is 0.0313. The van der Waals surface area contributed by atoms with Crippen molar-refractivity contribution in [2.45, 2.75) is 12.8 Å². The minimum Gasteiger partial charge on any atom is -0.356 e. The summed E-state index contributed by atoms with van der Waals surface area (Å²) in [7, 11) is 1.94. The molecule has 1 fully saturated rings. The molecule has 1 saturated heterocycles. The lowest BCUT2D eigenvalue weighted by Gasteiger charge is -2.32. The Balaban J connectivity index is 1.41. The number of ketones is 1. The van der Waals surface area contributed by atoms with E-state index in [2.05, 4.69) is 19.9 Å². The molecule has 0 N–H and O–H groups in total. The molecule has 144 valence electrons. The number of pyridine rings is 3. The van der Waals surface area contributed by atoms with E-state index in [1.165, 1.54) is 6.42 Å². The van der Waals surface area contributed by atoms with Crippen molar-refractivity contribution in [1.82, 2.24) is 24.5 Å². The van der Waals surface area contributed by atoms with Crippen molar-refractivity contribution in [2.75, 3.05) is 18.0 Å². The summed E-state index contributed by atoms with van der Waals surface area (Å²) in [6.07, 6.45) is 8.43. The van der Waals surface area contributed by atoms with E-state index in [1.807, 2.05) is 35.9 Å². The van der Waals surface area contributed by atoms with Crippen LogP contribution in [0.5, 0.6) is 0 Å². The Labute approximate surface area is 168 Å². The van der Waals surface area contributed by atoms with Gasteiger partial charge in [-0.15, -0.1) is 0 Å². The third-order valence-corrected chi connectivity index (χ3v) is 5.30. The second-order valence-electron chi connectivity index (χ2n) is 7.30. The molecule has 0 saturated carbocycles. The predicted octanol–water partition coefficient (Wildman–Crippen LogP) is 3.06. The molecule has 0 aromatic carbocycles. The van der Waals surface area contributed by atoms with Gasteiger partial charge >= 0.3 is 0 Å². The number of nitrogens with zero attached hydrogens (tertiary/aromatic N) is 6. The molecule has 0 radical (unpaired) electrons. The quantitative estimate of drug-likeness (QED) is 0.492. The Morgan fingerprint density at radius 1 is 1.10 bits per heavy atom. The fourth-order valence-corrected chi connectivity index (χ4v) is 3.48. The SMILES string of the molecule is Cn1cncc1-c1ccc2cnc(CC(=O)c3ccnc(N4CCC4)c3)cc2n1. The highest BCUT2D eigenvalue weighted by Gasteiger charge is 2.17. The second-order valence-corrected chi connectivity index (χ2v) is 7.30. The Bertz CT molecular complexity index is 1210. The summed E-state index contributed by atoms with van der Waals surface area (Å²) >= 11 is 0. The van der Waals surface area contributed by atoms with Crippen LogP contribution in [-0.2, 0) is 13.5 Å². The molecule has 5 heterocycles. The number of hydrogen-bond acceptors (Lipinski definition) is 6. The average molecular weight is 384 g/mol. The van der Waals surface area contributed by atoms with Crippen LogP contribution in [0.2, 0.25) is 0 Å². The smallest absolute Gasteiger partial charge is 0.169 e. The summed E-state index contributed by atoms with van der Waals surface area (Å²) in [5, 5.41) is 0.941. The molecule has 0 atom stereocenters. The lowest BCUT2D eigenvalue weighted by Crippen LogP contribution is -2.37. The summed E-state index contributed by atoms with van der Waals surface area (Å²) in [6.45, 7) is 2.00. The first kappa shape index (κ1) is 17.5. The molecule has 0 aliphatic carbocycles. The van der Waals surface area contributed by atoms with Gasteiger partial charge < -0.3 is 9.47 Å². The van der Waals surface area contributed by atoms with Crippen LogP contribution in [0.15, 0.2) is 55.2 Å². The molecular formula is C22H20N6O. The van der Waals surface area contributed by atoms with Crippen molar-refractivity contribution in [3.63, 3.8) is 0 Å². The number of carbonyl (C=O) groups is 1. The van der Waals surface area contributed by atoms with Crippen molar-refractivity contribution in [1.29, 1.82) is 0 Å². The zero-order valence-corrected chi connectivity index (χ0v) is 16.1. The summed E-state index contributed by atoms with van der Waals surface area (Å²) in [4.78, 5) is 32.7. The zero-order valence-electron chi connectivity index (χ0n) is 16.1. The number of hydrogen-bond donors (Lipinski definition) is 0. The van der Waals surface area contributed by atoms with E-state index in [0.717, 1.165) is 41.2 Å². The molecule has 29 heavy (non-hydrogen) atoms. The van der Waals surface area contributed by atoms with E-state index in [1.54, 1.807) is 31.0 Å². The topological polar surface area (TPSA) is 76.8 Å². The molecule has 5 rings (SSSR count). The van der Waals surface area contributed by atoms with Gasteiger partial charge in [-0.05, 0) is 36.8 Å². The Morgan fingerprint density at radius 3 is 2.76 bits per heavy atom. The fraction of sp³-hybridized carbons (Fsp3) is 0.227. The molecule has 0 spiro atoms. The predicted molar refractivity (Wildman–Crippen MR) is 111 cm³/mol. The standard InChI is InChI=1S/C22H20N6O/c1-27-14-23-13-20(27)18-4-3-16-12-25-17(10-19(16)26-18)11-21(29)15-5-6-24-22(9-15)28-7-2-8-28/h3-6,9-10,12-14H,2,7-8,11H2,1H3. The van der Waals surface area contributed by atoms with Crippen molar-refractivity contribution in [2.24, 2.45) is 7.05 Å². The highest BCUT2D eigenvalue weighted by molar-refractivity contribution is 5.98. The van der Waals surface area contributed by atoms with E-state index in [9.17, 15) is 4.79 Å². The fourth-order valence-electron chi connectivity index (χ4n) is 3.48. The largest absolute Gasteiger partial charge is 0.356 e. The van der Waals surface area contributed by atoms with Crippen molar-refractivity contribution in [3.8, 4) is 11.4 Å². The van der Waals surface area contributed by atoms with Crippen molar-refractivity contribution < 1.29 is 4.79 Å². The second kappa shape index (κ2) is 7.09. The molecule has 0 amide bonds. The van der Waals surface area contributed by atoms with E-state index < -0.39 is 0 Å². The number of anilines is 1. The van der Waals surface area contributed by atoms with Crippen LogP contribution < -0.4 is 4.90 Å². The van der Waals surface area contributed by atoms with Gasteiger partial charge in [0.1, 0.15) is 5.82 Å². The highest BCUT2D eigenvalue weighted by atomic mass is 16.1. The molecule has 7 nitrogen and oxygen atoms in total. The maximum Gasteiger partial charge on any atom is 0.169 e. The van der Waals surface area contributed by atoms with Gasteiger partial charge in [0, 0.05) is 43.5 Å². The molecule has 4 aromatic heterocycles. The van der Waals surface area contributed by atoms with Gasteiger partial charge in [-0.1, -0.05) is 0 Å². The number of rotatable bonds is 5. The van der Waals surface area contributed by atoms with Crippen molar-refractivity contribution >= 4 is 22.5 Å². The third kappa shape index (κ3) is 3.35. The highest BCUT2D eigenvalue weighted by Crippen LogP contribution is 2.22. The Hall–Kier alpha value is -3.61. The zero-order chi connectivity index (χ0) is 19.8. The van der Waals surface area contributed by atoms with E-state index >= 15 is 0 Å². The molecule has 0 bridgehead atoms. The van der Waals surface area contributed by atoms with Gasteiger partial charge in [-0.3, -0.25) is 9.78 Å². The van der Waals surface area contributed by atoms with E-state index in [4.69, 9.17) is 4.98 Å². The van der Waals surface area contributed by atoms with Crippen LogP contribution in [0.3, 0.4) is 0 Å². The number of imidazole rings is 1. The van der Waals surface area contributed by atoms with E-state index in [0.29, 0.717) is 11.3 Å². The number of fused-ring (bicyclic) bond motifs is 1. The number of aryl methyl sites for hydroxylation is 1. The first-order chi connectivity index (χ1) is 14.2. The lowest BCUT2D eigenvalue weighted by molar-refractivity contribution is 0.0992. The van der Waals surface area contributed by atoms with Crippen LogP contribution in [0.25, 0.3) is 22.3 Å². The Kier molecular flexibility index (Phi) is 4.27. The summed E-state index contributed by atoms with van der Waals surface area (Å²) in [5.41, 5.74) is 3.98. The van der Waals surface area contributed by atoms with Crippen molar-refractivity contribution in [3.05, 3.63) is 66.5 Å². The summed E-state index contributed by atoms with van der Waals surface area (Å²) in [6, 6.07) is 9.49. The number of Topliss-reactive ketones (excluding diaryl/α,β-unsaturated/α-hetero) is 1. The van der Waals surface area contributed by atoms with Gasteiger partial charge in [0.05, 0.1) is 41.5 Å². The number of carbonyl (C=O) groups excluding carboxylic acids is 1. The number of aromatic nitrogens is 5. The average Bonchev–Trinajstić information content (AvgIpc) is 3.12. The maximum absolute atomic E-state index is 12.8. The molecule has 1 aliphatic heterocycles. The third-order valence-electron chi connectivity index (χ3n) is 5.30. The van der Waals surface area contributed by atoms with Crippen LogP contribution in [-0.4, -0.2) is 43.4 Å². The van der Waals surface area contributed by atoms with Crippen LogP contribution >= 0.6 is 0 Å². The molecule has 4 aromatic rings. The molecular weight excluding hydrogens is 364 g/mol. The Morgan fingerprint density at radius 2 is 2.00 bits per heavy atom. The van der Waals surface area contributed by atoms with E-state index in [-0.39, 0.29) is 12.2 Å². The summed E-state index contributed by atoms with van der Waals surface area (Å²) < 4.78 is 1.93. The first-order valence-corrected chi connectivity index (χ1v) is 9.64. The summed E-state index contributed by atoms with van der Waals surface area (Å²) in [5.74, 6) is 0.903. The first-order valence-electron chi connectivity index (χ1n) is 9.64. The van der Waals surface area contributed by atoms with Crippen LogP contribution in [0, 0.1) is 0 Å².